The Bertz CT molecular complexity index is 1050. The highest BCUT2D eigenvalue weighted by atomic mass is 32.1. The van der Waals surface area contributed by atoms with Gasteiger partial charge in [0.15, 0.2) is 0 Å². The molecule has 3 N–H and O–H groups in total. The molecule has 1 heterocycles. The van der Waals surface area contributed by atoms with E-state index in [0.717, 1.165) is 23.2 Å². The number of hydrogen-bond donors (Lipinski definition) is 3. The van der Waals surface area contributed by atoms with Crippen molar-refractivity contribution in [2.75, 3.05) is 20.7 Å². The summed E-state index contributed by atoms with van der Waals surface area (Å²) in [6, 6.07) is 14.3. The Morgan fingerprint density at radius 2 is 1.87 bits per heavy atom. The van der Waals surface area contributed by atoms with Gasteiger partial charge in [0.05, 0.1) is 12.6 Å². The van der Waals surface area contributed by atoms with Gasteiger partial charge in [0, 0.05) is 16.5 Å². The van der Waals surface area contributed by atoms with Crippen molar-refractivity contribution in [2.45, 2.75) is 25.9 Å². The van der Waals surface area contributed by atoms with Gasteiger partial charge in [-0.1, -0.05) is 19.1 Å². The Morgan fingerprint density at radius 1 is 1.16 bits per heavy atom. The van der Waals surface area contributed by atoms with Gasteiger partial charge < -0.3 is 19.4 Å². The van der Waals surface area contributed by atoms with Crippen molar-refractivity contribution in [3.63, 3.8) is 0 Å². The molecule has 0 aliphatic carbocycles. The van der Waals surface area contributed by atoms with Crippen LogP contribution in [0.25, 0.3) is 11.0 Å². The molecule has 0 aliphatic rings. The molecule has 0 unspecified atom stereocenters. The number of hydrogen-bond acceptors (Lipinski definition) is 6. The Hall–Kier alpha value is -2.94. The standard InChI is InChI=1S/C23H27N3O4S/c1-4-18(14-29-19-8-5-15(6-9-19)23(31)25-28)24-22(27)16-7-10-21-17(11-16)12-20(30-21)13-26(2)3/h5-12,18,28H,4,13-14H2,1-3H3,(H,24,27)(H,25,31)/t18-/m0/s1. The smallest absolute Gasteiger partial charge is 0.251 e. The predicted molar refractivity (Wildman–Crippen MR) is 124 cm³/mol. The van der Waals surface area contributed by atoms with E-state index in [2.05, 4.69) is 5.32 Å². The van der Waals surface area contributed by atoms with E-state index in [4.69, 9.17) is 26.6 Å². The molecular formula is C23H27N3O4S. The van der Waals surface area contributed by atoms with E-state index in [1.165, 1.54) is 0 Å². The summed E-state index contributed by atoms with van der Waals surface area (Å²) in [6.07, 6.45) is 0.725. The number of carbonyl (C=O) groups excluding carboxylic acids is 1. The minimum Gasteiger partial charge on any atom is -0.491 e. The highest BCUT2D eigenvalue weighted by Crippen LogP contribution is 2.22. The number of nitrogens with one attached hydrogen (secondary N) is 2. The van der Waals surface area contributed by atoms with Gasteiger partial charge in [0.1, 0.15) is 28.7 Å². The summed E-state index contributed by atoms with van der Waals surface area (Å²) in [7, 11) is 3.96. The number of rotatable bonds is 9. The van der Waals surface area contributed by atoms with Crippen molar-refractivity contribution >= 4 is 34.1 Å². The predicted octanol–water partition coefficient (Wildman–Crippen LogP) is 3.74. The Kier molecular flexibility index (Phi) is 7.62. The van der Waals surface area contributed by atoms with Crippen molar-refractivity contribution in [2.24, 2.45) is 0 Å². The van der Waals surface area contributed by atoms with Gasteiger partial charge in [-0.2, -0.15) is 0 Å². The molecule has 2 aromatic carbocycles. The molecule has 3 aromatic rings. The largest absolute Gasteiger partial charge is 0.491 e. The average molecular weight is 442 g/mol. The quantitative estimate of drug-likeness (QED) is 0.344. The van der Waals surface area contributed by atoms with E-state index in [1.54, 1.807) is 30.3 Å². The van der Waals surface area contributed by atoms with E-state index in [1.807, 2.05) is 49.6 Å². The highest BCUT2D eigenvalue weighted by Gasteiger charge is 2.15. The molecule has 0 fully saturated rings. The zero-order chi connectivity index (χ0) is 22.4. The number of ether oxygens (including phenoxy) is 1. The fraction of sp³-hybridized carbons (Fsp3) is 0.304. The third-order valence-corrected chi connectivity index (χ3v) is 5.13. The minimum atomic E-state index is -0.151. The number of carbonyl (C=O) groups is 1. The van der Waals surface area contributed by atoms with Crippen LogP contribution in [-0.2, 0) is 6.54 Å². The lowest BCUT2D eigenvalue weighted by Gasteiger charge is -2.18. The molecule has 164 valence electrons. The van der Waals surface area contributed by atoms with Crippen LogP contribution in [-0.4, -0.2) is 47.7 Å². The summed E-state index contributed by atoms with van der Waals surface area (Å²) >= 11 is 4.98. The monoisotopic (exact) mass is 441 g/mol. The fourth-order valence-electron chi connectivity index (χ4n) is 3.12. The van der Waals surface area contributed by atoms with Crippen LogP contribution in [0.15, 0.2) is 52.9 Å². The van der Waals surface area contributed by atoms with Crippen molar-refractivity contribution < 1.29 is 19.2 Å². The molecule has 1 atom stereocenters. The number of furan rings is 1. The van der Waals surface area contributed by atoms with E-state index < -0.39 is 0 Å². The van der Waals surface area contributed by atoms with Gasteiger partial charge in [-0.15, -0.1) is 0 Å². The first-order valence-corrected chi connectivity index (χ1v) is 10.5. The normalized spacial score (nSPS) is 12.0. The molecule has 0 bridgehead atoms. The molecule has 0 saturated carbocycles. The number of fused-ring (bicyclic) bond motifs is 1. The van der Waals surface area contributed by atoms with Gasteiger partial charge in [-0.3, -0.25) is 15.5 Å². The molecule has 8 heteroatoms. The van der Waals surface area contributed by atoms with Gasteiger partial charge >= 0.3 is 0 Å². The maximum absolute atomic E-state index is 12.8. The summed E-state index contributed by atoms with van der Waals surface area (Å²) in [5, 5.41) is 12.8. The molecular weight excluding hydrogens is 414 g/mol. The molecule has 0 spiro atoms. The first kappa shape index (κ1) is 22.7. The SMILES string of the molecule is CC[C@@H](COc1ccc(C(=S)NO)cc1)NC(=O)c1ccc2oc(CN(C)C)cc2c1. The Labute approximate surface area is 186 Å². The van der Waals surface area contributed by atoms with E-state index in [9.17, 15) is 4.79 Å². The molecule has 0 radical (unpaired) electrons. The Morgan fingerprint density at radius 3 is 2.52 bits per heavy atom. The molecule has 1 amide bonds. The van der Waals surface area contributed by atoms with E-state index in [0.29, 0.717) is 30.0 Å². The van der Waals surface area contributed by atoms with E-state index in [-0.39, 0.29) is 16.9 Å². The lowest BCUT2D eigenvalue weighted by atomic mass is 10.1. The highest BCUT2D eigenvalue weighted by molar-refractivity contribution is 7.80. The average Bonchev–Trinajstić information content (AvgIpc) is 3.16. The van der Waals surface area contributed by atoms with Crippen LogP contribution >= 0.6 is 12.2 Å². The maximum atomic E-state index is 12.8. The third kappa shape index (κ3) is 6.04. The lowest BCUT2D eigenvalue weighted by Crippen LogP contribution is -2.38. The van der Waals surface area contributed by atoms with Crippen LogP contribution in [0, 0.1) is 0 Å². The number of thiocarbonyl (C=S) groups is 1. The summed E-state index contributed by atoms with van der Waals surface area (Å²) in [4.78, 5) is 15.0. The van der Waals surface area contributed by atoms with Gasteiger partial charge in [0.2, 0.25) is 0 Å². The summed E-state index contributed by atoms with van der Waals surface area (Å²) in [5.41, 5.74) is 3.99. The van der Waals surface area contributed by atoms with Gasteiger partial charge in [-0.05, 0) is 69.0 Å². The number of benzene rings is 2. The van der Waals surface area contributed by atoms with Gasteiger partial charge in [-0.25, -0.2) is 0 Å². The molecule has 0 aliphatic heterocycles. The second-order valence-corrected chi connectivity index (χ2v) is 7.97. The topological polar surface area (TPSA) is 87.0 Å². The van der Waals surface area contributed by atoms with Crippen molar-refractivity contribution in [1.82, 2.24) is 15.7 Å². The molecule has 3 rings (SSSR count). The summed E-state index contributed by atoms with van der Waals surface area (Å²) < 4.78 is 11.6. The van der Waals surface area contributed by atoms with Crippen LogP contribution in [0.5, 0.6) is 5.75 Å². The number of amides is 1. The summed E-state index contributed by atoms with van der Waals surface area (Å²) in [6.45, 7) is 3.04. The van der Waals surface area contributed by atoms with Crippen LogP contribution in [0.3, 0.4) is 0 Å². The molecule has 1 aromatic heterocycles. The van der Waals surface area contributed by atoms with Crippen LogP contribution < -0.4 is 15.5 Å². The first-order chi connectivity index (χ1) is 14.9. The van der Waals surface area contributed by atoms with E-state index >= 15 is 0 Å². The van der Waals surface area contributed by atoms with Crippen LogP contribution in [0.1, 0.15) is 35.0 Å². The summed E-state index contributed by atoms with van der Waals surface area (Å²) in [5.74, 6) is 1.37. The third-order valence-electron chi connectivity index (χ3n) is 4.80. The second kappa shape index (κ2) is 10.4. The zero-order valence-corrected chi connectivity index (χ0v) is 18.7. The van der Waals surface area contributed by atoms with Crippen LogP contribution in [0.2, 0.25) is 0 Å². The molecule has 31 heavy (non-hydrogen) atoms. The van der Waals surface area contributed by atoms with Crippen molar-refractivity contribution in [3.8, 4) is 5.75 Å². The Balaban J connectivity index is 1.60. The minimum absolute atomic E-state index is 0.142. The zero-order valence-electron chi connectivity index (χ0n) is 17.8. The molecule has 0 saturated heterocycles. The second-order valence-electron chi connectivity index (χ2n) is 7.56. The van der Waals surface area contributed by atoms with Crippen molar-refractivity contribution in [1.29, 1.82) is 0 Å². The lowest BCUT2D eigenvalue weighted by molar-refractivity contribution is 0.0920. The van der Waals surface area contributed by atoms with Crippen LogP contribution in [0.4, 0.5) is 0 Å². The molecule has 7 nitrogen and oxygen atoms in total. The van der Waals surface area contributed by atoms with Gasteiger partial charge in [0.25, 0.3) is 5.91 Å². The fourth-order valence-corrected chi connectivity index (χ4v) is 3.26. The maximum Gasteiger partial charge on any atom is 0.251 e. The number of nitrogens with zero attached hydrogens (tertiary/aromatic N) is 1. The number of hydroxylamine groups is 1. The van der Waals surface area contributed by atoms with Crippen molar-refractivity contribution in [3.05, 3.63) is 65.4 Å². The first-order valence-electron chi connectivity index (χ1n) is 10.0.